The normalized spacial score (nSPS) is 13.4. The van der Waals surface area contributed by atoms with Gasteiger partial charge in [0.25, 0.3) is 0 Å². The zero-order valence-corrected chi connectivity index (χ0v) is 11.3. The summed E-state index contributed by atoms with van der Waals surface area (Å²) in [6.07, 6.45) is 0. The summed E-state index contributed by atoms with van der Waals surface area (Å²) in [7, 11) is 3.30. The summed E-state index contributed by atoms with van der Waals surface area (Å²) in [6, 6.07) is 5.69. The van der Waals surface area contributed by atoms with Crippen molar-refractivity contribution in [2.75, 3.05) is 14.2 Å². The maximum Gasteiger partial charge on any atom is 0.123 e. The minimum atomic E-state index is -0.113. The first-order valence-corrected chi connectivity index (χ1v) is 5.69. The molecule has 0 amide bonds. The Labute approximate surface area is 103 Å². The van der Waals surface area contributed by atoms with Crippen LogP contribution in [0.2, 0.25) is 0 Å². The van der Waals surface area contributed by atoms with E-state index in [1.54, 1.807) is 14.2 Å². The zero-order valence-electron chi connectivity index (χ0n) is 10.5. The lowest BCUT2D eigenvalue weighted by Gasteiger charge is -2.27. The molecule has 1 aromatic carbocycles. The number of hydrogen-bond acceptors (Lipinski definition) is 2. The van der Waals surface area contributed by atoms with Crippen molar-refractivity contribution in [1.82, 2.24) is 0 Å². The van der Waals surface area contributed by atoms with Gasteiger partial charge in [-0.2, -0.15) is 0 Å². The van der Waals surface area contributed by atoms with E-state index in [1.807, 2.05) is 18.2 Å². The Morgan fingerprint density at radius 3 is 2.19 bits per heavy atom. The molecule has 1 aromatic rings. The van der Waals surface area contributed by atoms with E-state index in [0.29, 0.717) is 0 Å². The lowest BCUT2D eigenvalue weighted by Crippen LogP contribution is -2.14. The van der Waals surface area contributed by atoms with Gasteiger partial charge < -0.3 is 9.47 Å². The van der Waals surface area contributed by atoms with E-state index in [1.165, 1.54) is 0 Å². The molecule has 3 heteroatoms. The van der Waals surface area contributed by atoms with Crippen LogP contribution in [0.25, 0.3) is 0 Å². The first-order valence-electron chi connectivity index (χ1n) is 5.26. The van der Waals surface area contributed by atoms with Crippen LogP contribution in [0.1, 0.15) is 31.7 Å². The van der Waals surface area contributed by atoms with Crippen LogP contribution in [0, 0.1) is 5.41 Å². The van der Waals surface area contributed by atoms with Gasteiger partial charge >= 0.3 is 0 Å². The highest BCUT2D eigenvalue weighted by atomic mass is 35.5. The van der Waals surface area contributed by atoms with Crippen LogP contribution in [0.3, 0.4) is 0 Å². The molecule has 0 spiro atoms. The fourth-order valence-corrected chi connectivity index (χ4v) is 1.67. The quantitative estimate of drug-likeness (QED) is 0.745. The molecule has 16 heavy (non-hydrogen) atoms. The van der Waals surface area contributed by atoms with Gasteiger partial charge in [-0.05, 0) is 23.6 Å². The van der Waals surface area contributed by atoms with Crippen LogP contribution in [-0.2, 0) is 0 Å². The molecule has 0 N–H and O–H groups in total. The number of benzene rings is 1. The summed E-state index contributed by atoms with van der Waals surface area (Å²) in [5.74, 6) is 1.60. The summed E-state index contributed by atoms with van der Waals surface area (Å²) < 4.78 is 10.5. The van der Waals surface area contributed by atoms with Crippen molar-refractivity contribution in [2.24, 2.45) is 5.41 Å². The Kier molecular flexibility index (Phi) is 4.09. The van der Waals surface area contributed by atoms with E-state index in [0.717, 1.165) is 17.1 Å². The van der Waals surface area contributed by atoms with Gasteiger partial charge in [0, 0.05) is 5.56 Å². The van der Waals surface area contributed by atoms with Crippen molar-refractivity contribution in [2.45, 2.75) is 26.1 Å². The summed E-state index contributed by atoms with van der Waals surface area (Å²) >= 11 is 6.46. The van der Waals surface area contributed by atoms with Gasteiger partial charge in [-0.25, -0.2) is 0 Å². The molecule has 90 valence electrons. The van der Waals surface area contributed by atoms with E-state index in [9.17, 15) is 0 Å². The fraction of sp³-hybridized carbons (Fsp3) is 0.538. The summed E-state index contributed by atoms with van der Waals surface area (Å²) in [5, 5.41) is -0.113. The number of halogens is 1. The highest BCUT2D eigenvalue weighted by Crippen LogP contribution is 2.43. The summed E-state index contributed by atoms with van der Waals surface area (Å²) in [5.41, 5.74) is 0.942. The highest BCUT2D eigenvalue weighted by molar-refractivity contribution is 6.21. The lowest BCUT2D eigenvalue weighted by atomic mass is 9.87. The van der Waals surface area contributed by atoms with Crippen molar-refractivity contribution in [1.29, 1.82) is 0 Å². The minimum absolute atomic E-state index is 0.0266. The number of methoxy groups -OCH3 is 2. The van der Waals surface area contributed by atoms with Gasteiger partial charge in [0.05, 0.1) is 19.6 Å². The van der Waals surface area contributed by atoms with Crippen LogP contribution in [0.4, 0.5) is 0 Å². The van der Waals surface area contributed by atoms with Crippen molar-refractivity contribution in [3.8, 4) is 11.5 Å². The Morgan fingerprint density at radius 2 is 1.75 bits per heavy atom. The van der Waals surface area contributed by atoms with Crippen molar-refractivity contribution >= 4 is 11.6 Å². The van der Waals surface area contributed by atoms with E-state index >= 15 is 0 Å². The average Bonchev–Trinajstić information content (AvgIpc) is 2.25. The van der Waals surface area contributed by atoms with Crippen LogP contribution >= 0.6 is 11.6 Å². The molecule has 0 aromatic heterocycles. The predicted octanol–water partition coefficient (Wildman–Crippen LogP) is 4.03. The molecule has 1 unspecified atom stereocenters. The molecule has 0 aliphatic heterocycles. The third-order valence-electron chi connectivity index (χ3n) is 2.47. The van der Waals surface area contributed by atoms with Gasteiger partial charge in [0.2, 0.25) is 0 Å². The third-order valence-corrected chi connectivity index (χ3v) is 3.36. The monoisotopic (exact) mass is 242 g/mol. The number of rotatable bonds is 3. The van der Waals surface area contributed by atoms with Crippen LogP contribution in [0.5, 0.6) is 11.5 Å². The van der Waals surface area contributed by atoms with Gasteiger partial charge in [0.1, 0.15) is 11.5 Å². The number of ether oxygens (including phenoxy) is 2. The molecular weight excluding hydrogens is 224 g/mol. The van der Waals surface area contributed by atoms with Crippen molar-refractivity contribution < 1.29 is 9.47 Å². The molecule has 0 radical (unpaired) electrons. The molecule has 1 atom stereocenters. The number of hydrogen-bond donors (Lipinski definition) is 0. The molecule has 0 heterocycles. The zero-order chi connectivity index (χ0) is 12.3. The molecule has 0 bridgehead atoms. The maximum atomic E-state index is 6.46. The maximum absolute atomic E-state index is 6.46. The van der Waals surface area contributed by atoms with Crippen LogP contribution < -0.4 is 9.47 Å². The van der Waals surface area contributed by atoms with Crippen LogP contribution in [-0.4, -0.2) is 14.2 Å². The Morgan fingerprint density at radius 1 is 1.12 bits per heavy atom. The lowest BCUT2D eigenvalue weighted by molar-refractivity contribution is 0.365. The molecule has 0 saturated heterocycles. The Balaban J connectivity index is 3.18. The summed E-state index contributed by atoms with van der Waals surface area (Å²) in [6.45, 7) is 6.30. The molecular formula is C13H19ClO2. The first kappa shape index (κ1) is 13.2. The van der Waals surface area contributed by atoms with Gasteiger partial charge in [-0.3, -0.25) is 0 Å². The van der Waals surface area contributed by atoms with E-state index < -0.39 is 0 Å². The molecule has 0 saturated carbocycles. The SMILES string of the molecule is COc1ccc(OC)c(C(Cl)C(C)(C)C)c1. The second-order valence-corrected chi connectivity index (χ2v) is 5.27. The molecule has 0 aliphatic rings. The second-order valence-electron chi connectivity index (χ2n) is 4.84. The molecule has 0 fully saturated rings. The Bertz CT molecular complexity index is 355. The van der Waals surface area contributed by atoms with Crippen LogP contribution in [0.15, 0.2) is 18.2 Å². The average molecular weight is 243 g/mol. The molecule has 1 rings (SSSR count). The van der Waals surface area contributed by atoms with Gasteiger partial charge in [-0.1, -0.05) is 20.8 Å². The van der Waals surface area contributed by atoms with E-state index in [2.05, 4.69) is 20.8 Å². The molecule has 0 aliphatic carbocycles. The summed E-state index contributed by atoms with van der Waals surface area (Å²) in [4.78, 5) is 0. The smallest absolute Gasteiger partial charge is 0.123 e. The van der Waals surface area contributed by atoms with Gasteiger partial charge in [-0.15, -0.1) is 11.6 Å². The van der Waals surface area contributed by atoms with E-state index in [4.69, 9.17) is 21.1 Å². The highest BCUT2D eigenvalue weighted by Gasteiger charge is 2.27. The Hall–Kier alpha value is -0.890. The van der Waals surface area contributed by atoms with Crippen molar-refractivity contribution in [3.05, 3.63) is 23.8 Å². The topological polar surface area (TPSA) is 18.5 Å². The fourth-order valence-electron chi connectivity index (χ4n) is 1.50. The van der Waals surface area contributed by atoms with Crippen molar-refractivity contribution in [3.63, 3.8) is 0 Å². The third kappa shape index (κ3) is 2.82. The van der Waals surface area contributed by atoms with Gasteiger partial charge in [0.15, 0.2) is 0 Å². The largest absolute Gasteiger partial charge is 0.497 e. The number of alkyl halides is 1. The standard InChI is InChI=1S/C13H19ClO2/c1-13(2,3)12(14)10-8-9(15-4)6-7-11(10)16-5/h6-8,12H,1-5H3. The molecule has 2 nitrogen and oxygen atoms in total. The first-order chi connectivity index (χ1) is 7.40. The minimum Gasteiger partial charge on any atom is -0.497 e. The second kappa shape index (κ2) is 4.96. The predicted molar refractivity (Wildman–Crippen MR) is 67.6 cm³/mol. The van der Waals surface area contributed by atoms with E-state index in [-0.39, 0.29) is 10.8 Å².